The van der Waals surface area contributed by atoms with E-state index in [0.29, 0.717) is 18.7 Å². The highest BCUT2D eigenvalue weighted by molar-refractivity contribution is 5.90. The van der Waals surface area contributed by atoms with Crippen molar-refractivity contribution >= 4 is 17.3 Å². The Kier molecular flexibility index (Phi) is 5.15. The highest BCUT2D eigenvalue weighted by Crippen LogP contribution is 2.15. The Morgan fingerprint density at radius 1 is 1.05 bits per heavy atom. The molecule has 2 rings (SSSR count). The fraction of sp³-hybridized carbons (Fsp3) is 0.188. The standard InChI is InChI=1S/C16H17FN2O2/c1-21-15-8-6-13(7-9-15)18-11-10-16(20)19-14-4-2-12(17)3-5-14/h2-9,18H,10-11H2,1H3,(H,19,20). The van der Waals surface area contributed by atoms with Crippen LogP contribution < -0.4 is 15.4 Å². The van der Waals surface area contributed by atoms with Gasteiger partial charge in [-0.05, 0) is 48.5 Å². The molecule has 2 aromatic rings. The fourth-order valence-corrected chi connectivity index (χ4v) is 1.79. The van der Waals surface area contributed by atoms with Crippen LogP contribution in [0.1, 0.15) is 6.42 Å². The summed E-state index contributed by atoms with van der Waals surface area (Å²) < 4.78 is 17.8. The quantitative estimate of drug-likeness (QED) is 0.857. The third-order valence-corrected chi connectivity index (χ3v) is 2.90. The first-order chi connectivity index (χ1) is 10.2. The van der Waals surface area contributed by atoms with E-state index in [1.54, 1.807) is 7.11 Å². The maximum absolute atomic E-state index is 12.7. The van der Waals surface area contributed by atoms with Crippen LogP contribution in [0.15, 0.2) is 48.5 Å². The lowest BCUT2D eigenvalue weighted by Crippen LogP contribution is -2.16. The van der Waals surface area contributed by atoms with Crippen LogP contribution in [-0.2, 0) is 4.79 Å². The third-order valence-electron chi connectivity index (χ3n) is 2.90. The molecule has 2 N–H and O–H groups in total. The number of carbonyl (C=O) groups excluding carboxylic acids is 1. The van der Waals surface area contributed by atoms with Crippen molar-refractivity contribution in [2.75, 3.05) is 24.3 Å². The Balaban J connectivity index is 1.74. The molecule has 0 saturated carbocycles. The number of hydrogen-bond donors (Lipinski definition) is 2. The van der Waals surface area contributed by atoms with Gasteiger partial charge in [-0.2, -0.15) is 0 Å². The molecule has 0 saturated heterocycles. The average molecular weight is 288 g/mol. The number of hydrogen-bond acceptors (Lipinski definition) is 3. The van der Waals surface area contributed by atoms with Gasteiger partial charge in [0, 0.05) is 24.3 Å². The smallest absolute Gasteiger partial charge is 0.226 e. The lowest BCUT2D eigenvalue weighted by Gasteiger charge is -2.08. The molecule has 0 radical (unpaired) electrons. The second-order valence-electron chi connectivity index (χ2n) is 4.46. The van der Waals surface area contributed by atoms with Crippen LogP contribution in [0.3, 0.4) is 0 Å². The molecule has 21 heavy (non-hydrogen) atoms. The van der Waals surface area contributed by atoms with Crippen molar-refractivity contribution in [3.63, 3.8) is 0 Å². The van der Waals surface area contributed by atoms with Gasteiger partial charge in [0.1, 0.15) is 11.6 Å². The van der Waals surface area contributed by atoms with Gasteiger partial charge in [0.2, 0.25) is 5.91 Å². The molecule has 0 atom stereocenters. The van der Waals surface area contributed by atoms with Gasteiger partial charge in [-0.1, -0.05) is 0 Å². The largest absolute Gasteiger partial charge is 0.497 e. The summed E-state index contributed by atoms with van der Waals surface area (Å²) in [6.45, 7) is 0.513. The van der Waals surface area contributed by atoms with Crippen molar-refractivity contribution < 1.29 is 13.9 Å². The topological polar surface area (TPSA) is 50.4 Å². The van der Waals surface area contributed by atoms with Gasteiger partial charge >= 0.3 is 0 Å². The summed E-state index contributed by atoms with van der Waals surface area (Å²) in [7, 11) is 1.61. The zero-order valence-electron chi connectivity index (χ0n) is 11.7. The lowest BCUT2D eigenvalue weighted by molar-refractivity contribution is -0.115. The summed E-state index contributed by atoms with van der Waals surface area (Å²) in [5, 5.41) is 5.85. The molecule has 0 aromatic heterocycles. The van der Waals surface area contributed by atoms with Crippen molar-refractivity contribution in [3.8, 4) is 5.75 Å². The number of anilines is 2. The normalized spacial score (nSPS) is 10.0. The van der Waals surface area contributed by atoms with Crippen LogP contribution in [0.5, 0.6) is 5.75 Å². The zero-order chi connectivity index (χ0) is 15.1. The third kappa shape index (κ3) is 4.80. The monoisotopic (exact) mass is 288 g/mol. The van der Waals surface area contributed by atoms with Gasteiger partial charge in [-0.25, -0.2) is 4.39 Å². The molecule has 4 nitrogen and oxygen atoms in total. The number of methoxy groups -OCH3 is 1. The Bertz CT molecular complexity index is 582. The van der Waals surface area contributed by atoms with Crippen molar-refractivity contribution in [1.82, 2.24) is 0 Å². The molecule has 0 aliphatic heterocycles. The van der Waals surface area contributed by atoms with Crippen LogP contribution in [0.25, 0.3) is 0 Å². The summed E-state index contributed by atoms with van der Waals surface area (Å²) in [4.78, 5) is 11.7. The summed E-state index contributed by atoms with van der Waals surface area (Å²) in [5.41, 5.74) is 1.51. The molecule has 0 bridgehead atoms. The minimum absolute atomic E-state index is 0.123. The second-order valence-corrected chi connectivity index (χ2v) is 4.46. The molecule has 0 fully saturated rings. The molecule has 5 heteroatoms. The maximum Gasteiger partial charge on any atom is 0.226 e. The number of benzene rings is 2. The molecule has 0 spiro atoms. The Hall–Kier alpha value is -2.56. The SMILES string of the molecule is COc1ccc(NCCC(=O)Nc2ccc(F)cc2)cc1. The molecule has 0 aliphatic rings. The molecular weight excluding hydrogens is 271 g/mol. The van der Waals surface area contributed by atoms with E-state index in [1.165, 1.54) is 24.3 Å². The van der Waals surface area contributed by atoms with E-state index < -0.39 is 0 Å². The van der Waals surface area contributed by atoms with Crippen LogP contribution >= 0.6 is 0 Å². The number of halogens is 1. The maximum atomic E-state index is 12.7. The van der Waals surface area contributed by atoms with E-state index in [4.69, 9.17) is 4.74 Å². The summed E-state index contributed by atoms with van der Waals surface area (Å²) in [6, 6.07) is 13.2. The number of carbonyl (C=O) groups is 1. The van der Waals surface area contributed by atoms with E-state index in [9.17, 15) is 9.18 Å². The van der Waals surface area contributed by atoms with Gasteiger partial charge in [0.15, 0.2) is 0 Å². The first-order valence-electron chi connectivity index (χ1n) is 6.61. The van der Waals surface area contributed by atoms with Crippen LogP contribution in [0, 0.1) is 5.82 Å². The van der Waals surface area contributed by atoms with Crippen LogP contribution in [-0.4, -0.2) is 19.6 Å². The minimum atomic E-state index is -0.325. The van der Waals surface area contributed by atoms with E-state index >= 15 is 0 Å². The first kappa shape index (κ1) is 14.8. The fourth-order valence-electron chi connectivity index (χ4n) is 1.79. The Morgan fingerprint density at radius 3 is 2.29 bits per heavy atom. The minimum Gasteiger partial charge on any atom is -0.497 e. The van der Waals surface area contributed by atoms with Gasteiger partial charge in [-0.3, -0.25) is 4.79 Å². The molecule has 0 aliphatic carbocycles. The van der Waals surface area contributed by atoms with Crippen molar-refractivity contribution in [2.24, 2.45) is 0 Å². The lowest BCUT2D eigenvalue weighted by atomic mass is 10.2. The number of amides is 1. The van der Waals surface area contributed by atoms with Gasteiger partial charge in [-0.15, -0.1) is 0 Å². The highest BCUT2D eigenvalue weighted by atomic mass is 19.1. The molecule has 2 aromatic carbocycles. The number of nitrogens with one attached hydrogen (secondary N) is 2. The van der Waals surface area contributed by atoms with Crippen molar-refractivity contribution in [3.05, 3.63) is 54.3 Å². The van der Waals surface area contributed by atoms with Crippen LogP contribution in [0.4, 0.5) is 15.8 Å². The van der Waals surface area contributed by atoms with E-state index in [-0.39, 0.29) is 11.7 Å². The van der Waals surface area contributed by atoms with Gasteiger partial charge in [0.25, 0.3) is 0 Å². The Morgan fingerprint density at radius 2 is 1.67 bits per heavy atom. The van der Waals surface area contributed by atoms with E-state index in [2.05, 4.69) is 10.6 Å². The number of rotatable bonds is 6. The first-order valence-corrected chi connectivity index (χ1v) is 6.61. The van der Waals surface area contributed by atoms with E-state index in [0.717, 1.165) is 11.4 Å². The summed E-state index contributed by atoms with van der Waals surface area (Å²) >= 11 is 0. The number of ether oxygens (including phenoxy) is 1. The van der Waals surface area contributed by atoms with Crippen molar-refractivity contribution in [2.45, 2.75) is 6.42 Å². The Labute approximate surface area is 122 Å². The highest BCUT2D eigenvalue weighted by Gasteiger charge is 2.02. The van der Waals surface area contributed by atoms with Crippen molar-refractivity contribution in [1.29, 1.82) is 0 Å². The zero-order valence-corrected chi connectivity index (χ0v) is 11.7. The van der Waals surface area contributed by atoms with E-state index in [1.807, 2.05) is 24.3 Å². The second kappa shape index (κ2) is 7.28. The van der Waals surface area contributed by atoms with Gasteiger partial charge in [0.05, 0.1) is 7.11 Å². The summed E-state index contributed by atoms with van der Waals surface area (Å²) in [6.07, 6.45) is 0.323. The molecule has 0 unspecified atom stereocenters. The molecule has 1 amide bonds. The van der Waals surface area contributed by atoms with Gasteiger partial charge < -0.3 is 15.4 Å². The summed E-state index contributed by atoms with van der Waals surface area (Å²) in [5.74, 6) is 0.339. The predicted molar refractivity (Wildman–Crippen MR) is 81.1 cm³/mol. The predicted octanol–water partition coefficient (Wildman–Crippen LogP) is 3.28. The molecule has 110 valence electrons. The molecule has 0 heterocycles. The molecular formula is C16H17FN2O2. The van der Waals surface area contributed by atoms with Crippen LogP contribution in [0.2, 0.25) is 0 Å². The average Bonchev–Trinajstić information content (AvgIpc) is 2.50.